The van der Waals surface area contributed by atoms with Crippen molar-refractivity contribution in [2.24, 2.45) is 13.0 Å². The van der Waals surface area contributed by atoms with Crippen LogP contribution in [-0.2, 0) is 54.9 Å². The minimum absolute atomic E-state index is 0.0222. The molecule has 1 saturated heterocycles. The predicted octanol–water partition coefficient (Wildman–Crippen LogP) is 10.8. The minimum atomic E-state index is -4.83. The fourth-order valence-corrected chi connectivity index (χ4v) is 10.1. The third-order valence-electron chi connectivity index (χ3n) is 14.3. The standard InChI is InChI=1S/C55H73Cl2F4N7O9Si/c1-34(62-29-41-42(58)25-39(57)26-45(41)76-40-20-16-36(17-21-40)44-30-63-46(66(44)9)31-65(8)51(74)77-52(2,3)4)48(71)64-43(32-75-78(11,12)53(5,6)7)50(73)67(10)54(27-35-14-18-38(56)19-15-35)22-13-23-68(33-54)49(72)37(24-47(69)70)28-55(59,60)61/h14-21,25-26,30,34,37,43,62H,13,22-24,27-29,31-33H2,1-12H3,(H,64,71)(H,69,70)/t34-,37-,43-,54+/m0/s1. The molecular weight excluding hydrogens is 1080 g/mol. The highest BCUT2D eigenvalue weighted by molar-refractivity contribution is 6.74. The van der Waals surface area contributed by atoms with E-state index in [2.05, 4.69) is 15.6 Å². The normalized spacial score (nSPS) is 16.5. The number of ether oxygens (including phenoxy) is 2. The van der Waals surface area contributed by atoms with Gasteiger partial charge in [0.05, 0.1) is 55.4 Å². The van der Waals surface area contributed by atoms with Crippen molar-refractivity contribution in [3.05, 3.63) is 99.7 Å². The second-order valence-electron chi connectivity index (χ2n) is 22.6. The molecule has 3 N–H and O–H groups in total. The Kier molecular flexibility index (Phi) is 20.7. The second-order valence-corrected chi connectivity index (χ2v) is 28.3. The van der Waals surface area contributed by atoms with Crippen LogP contribution in [0, 0.1) is 11.7 Å². The number of aromatic nitrogens is 2. The smallest absolute Gasteiger partial charge is 0.410 e. The van der Waals surface area contributed by atoms with Gasteiger partial charge in [-0.15, -0.1) is 0 Å². The van der Waals surface area contributed by atoms with Crippen LogP contribution in [-0.4, -0.2) is 131 Å². The molecular formula is C55H73Cl2F4N7O9Si. The third-order valence-corrected chi connectivity index (χ3v) is 19.2. The molecule has 23 heteroatoms. The highest BCUT2D eigenvalue weighted by Gasteiger charge is 2.47. The first-order chi connectivity index (χ1) is 36.1. The highest BCUT2D eigenvalue weighted by Crippen LogP contribution is 2.38. The van der Waals surface area contributed by atoms with E-state index in [0.29, 0.717) is 22.2 Å². The SMILES string of the molecule is C[C@H](NCc1c(F)cc(Cl)cc1Oc1ccc(-c2cnc(CN(C)C(=O)OC(C)(C)C)n2C)cc1)C(=O)N[C@@H](CO[Si](C)(C)C(C)(C)C)C(=O)N(C)[C@@]1(Cc2ccc(Cl)cc2)CCCN(C(=O)[C@@H](CC(=O)O)CC(F)(F)F)C1. The van der Waals surface area contributed by atoms with Gasteiger partial charge in [-0.25, -0.2) is 14.2 Å². The molecule has 16 nitrogen and oxygen atoms in total. The molecule has 0 radical (unpaired) electrons. The number of nitrogens with one attached hydrogen (secondary N) is 2. The average Bonchev–Trinajstić information content (AvgIpc) is 3.69. The summed E-state index contributed by atoms with van der Waals surface area (Å²) in [5.74, 6) is -5.42. The number of benzene rings is 3. The number of piperidine rings is 1. The molecule has 1 fully saturated rings. The van der Waals surface area contributed by atoms with E-state index in [0.717, 1.165) is 17.3 Å². The number of amides is 4. The third kappa shape index (κ3) is 17.1. The van der Waals surface area contributed by atoms with Crippen molar-refractivity contribution in [2.45, 2.75) is 141 Å². The maximum Gasteiger partial charge on any atom is 0.410 e. The molecule has 5 rings (SSSR count). The minimum Gasteiger partial charge on any atom is -0.481 e. The summed E-state index contributed by atoms with van der Waals surface area (Å²) >= 11 is 12.6. The van der Waals surface area contributed by atoms with Gasteiger partial charge in [0.25, 0.3) is 0 Å². The zero-order valence-corrected chi connectivity index (χ0v) is 48.9. The lowest BCUT2D eigenvalue weighted by atomic mass is 9.80. The summed E-state index contributed by atoms with van der Waals surface area (Å²) in [6, 6.07) is 13.9. The van der Waals surface area contributed by atoms with Crippen LogP contribution in [0.3, 0.4) is 0 Å². The Labute approximate surface area is 465 Å². The number of hydrogen-bond donors (Lipinski definition) is 3. The molecule has 2 heterocycles. The van der Waals surface area contributed by atoms with Gasteiger partial charge in [0.2, 0.25) is 17.7 Å². The quantitative estimate of drug-likeness (QED) is 0.0533. The lowest BCUT2D eigenvalue weighted by molar-refractivity contribution is -0.166. The molecule has 4 atom stereocenters. The van der Waals surface area contributed by atoms with Gasteiger partial charge in [-0.3, -0.25) is 19.2 Å². The predicted molar refractivity (Wildman–Crippen MR) is 292 cm³/mol. The Morgan fingerprint density at radius 1 is 0.949 bits per heavy atom. The number of carboxylic acids is 1. The van der Waals surface area contributed by atoms with Gasteiger partial charge in [0.15, 0.2) is 8.32 Å². The van der Waals surface area contributed by atoms with Crippen molar-refractivity contribution in [1.82, 2.24) is 34.9 Å². The van der Waals surface area contributed by atoms with E-state index in [9.17, 15) is 37.5 Å². The summed E-state index contributed by atoms with van der Waals surface area (Å²) < 4.78 is 77.2. The van der Waals surface area contributed by atoms with Crippen molar-refractivity contribution in [2.75, 3.05) is 33.8 Å². The number of halogens is 6. The Morgan fingerprint density at radius 2 is 1.59 bits per heavy atom. The zero-order valence-electron chi connectivity index (χ0n) is 46.4. The number of nitrogens with zero attached hydrogens (tertiary/aromatic N) is 5. The Balaban J connectivity index is 1.37. The van der Waals surface area contributed by atoms with Crippen LogP contribution in [0.2, 0.25) is 28.2 Å². The summed E-state index contributed by atoms with van der Waals surface area (Å²) in [6.45, 7) is 16.4. The molecule has 428 valence electrons. The van der Waals surface area contributed by atoms with E-state index < -0.39 is 92.1 Å². The van der Waals surface area contributed by atoms with Gasteiger partial charge < -0.3 is 48.9 Å². The summed E-state index contributed by atoms with van der Waals surface area (Å²) in [4.78, 5) is 76.2. The molecule has 0 bridgehead atoms. The molecule has 0 saturated carbocycles. The molecule has 1 aromatic heterocycles. The second kappa shape index (κ2) is 25.6. The topological polar surface area (TPSA) is 185 Å². The molecule has 1 aliphatic rings. The molecule has 4 amide bonds. The number of carboxylic acid groups (broad SMARTS) is 1. The van der Waals surface area contributed by atoms with Crippen molar-refractivity contribution in [3.8, 4) is 22.8 Å². The van der Waals surface area contributed by atoms with Gasteiger partial charge in [0.1, 0.15) is 34.8 Å². The van der Waals surface area contributed by atoms with Crippen molar-refractivity contribution in [1.29, 1.82) is 0 Å². The average molecular weight is 1150 g/mol. The number of rotatable bonds is 21. The van der Waals surface area contributed by atoms with Crippen LogP contribution >= 0.6 is 23.2 Å². The van der Waals surface area contributed by atoms with Crippen LogP contribution in [0.5, 0.6) is 11.5 Å². The maximum absolute atomic E-state index is 15.9. The maximum atomic E-state index is 15.9. The Morgan fingerprint density at radius 3 is 2.18 bits per heavy atom. The number of hydrogen-bond acceptors (Lipinski definition) is 10. The number of aliphatic carboxylic acids is 1. The Bertz CT molecular complexity index is 2770. The van der Waals surface area contributed by atoms with E-state index in [-0.39, 0.29) is 73.4 Å². The van der Waals surface area contributed by atoms with E-state index in [1.54, 1.807) is 82.5 Å². The molecule has 0 spiro atoms. The Hall–Kier alpha value is -5.74. The largest absolute Gasteiger partial charge is 0.481 e. The number of likely N-dealkylation sites (N-methyl/N-ethyl adjacent to an activating group) is 1. The first-order valence-corrected chi connectivity index (χ1v) is 29.2. The van der Waals surface area contributed by atoms with Crippen LogP contribution in [0.1, 0.15) is 91.1 Å². The number of likely N-dealkylation sites (tertiary alicyclic amines) is 1. The summed E-state index contributed by atoms with van der Waals surface area (Å²) in [5, 5.41) is 15.6. The van der Waals surface area contributed by atoms with Crippen molar-refractivity contribution >= 4 is 61.3 Å². The van der Waals surface area contributed by atoms with Crippen LogP contribution < -0.4 is 15.4 Å². The van der Waals surface area contributed by atoms with E-state index in [1.807, 2.05) is 45.5 Å². The van der Waals surface area contributed by atoms with Crippen LogP contribution in [0.25, 0.3) is 11.3 Å². The van der Waals surface area contributed by atoms with Crippen molar-refractivity contribution in [3.63, 3.8) is 0 Å². The number of carbonyl (C=O) groups excluding carboxylic acids is 4. The van der Waals surface area contributed by atoms with Gasteiger partial charge in [-0.05, 0) is 119 Å². The van der Waals surface area contributed by atoms with Gasteiger partial charge >= 0.3 is 18.2 Å². The number of carbonyl (C=O) groups is 5. The van der Waals surface area contributed by atoms with Crippen molar-refractivity contribution < 1.29 is 60.5 Å². The number of alkyl halides is 3. The summed E-state index contributed by atoms with van der Waals surface area (Å²) in [5.41, 5.74) is 0.346. The zero-order chi connectivity index (χ0) is 58.3. The first-order valence-electron chi connectivity index (χ1n) is 25.6. The van der Waals surface area contributed by atoms with E-state index in [1.165, 1.54) is 34.7 Å². The number of imidazole rings is 1. The molecule has 0 unspecified atom stereocenters. The van der Waals surface area contributed by atoms with E-state index >= 15 is 9.18 Å². The molecule has 1 aliphatic heterocycles. The lowest BCUT2D eigenvalue weighted by Gasteiger charge is -2.50. The lowest BCUT2D eigenvalue weighted by Crippen LogP contribution is -2.65. The molecule has 0 aliphatic carbocycles. The fraction of sp³-hybridized carbons (Fsp3) is 0.527. The van der Waals surface area contributed by atoms with Gasteiger partial charge in [-0.2, -0.15) is 13.2 Å². The summed E-state index contributed by atoms with van der Waals surface area (Å²) in [6.07, 6.45) is -5.65. The molecule has 3 aromatic carbocycles. The van der Waals surface area contributed by atoms with Crippen LogP contribution in [0.15, 0.2) is 66.9 Å². The van der Waals surface area contributed by atoms with Gasteiger partial charge in [-0.1, -0.05) is 56.1 Å². The first kappa shape index (κ1) is 63.1. The highest BCUT2D eigenvalue weighted by atomic mass is 35.5. The van der Waals surface area contributed by atoms with Crippen LogP contribution in [0.4, 0.5) is 22.4 Å². The molecule has 78 heavy (non-hydrogen) atoms. The van der Waals surface area contributed by atoms with E-state index in [4.69, 9.17) is 37.1 Å². The molecule has 4 aromatic rings. The summed E-state index contributed by atoms with van der Waals surface area (Å²) in [7, 11) is 2.36. The monoisotopic (exact) mass is 1150 g/mol. The fourth-order valence-electron chi connectivity index (χ4n) is 8.75. The van der Waals surface area contributed by atoms with Gasteiger partial charge in [0, 0.05) is 61.9 Å².